The van der Waals surface area contributed by atoms with Crippen molar-refractivity contribution in [2.75, 3.05) is 27.2 Å². The molecule has 0 N–H and O–H groups in total. The number of likely N-dealkylation sites (N-methyl/N-ethyl adjacent to an activating group) is 1. The molecule has 1 aromatic heterocycles. The van der Waals surface area contributed by atoms with Crippen LogP contribution in [0, 0.1) is 0 Å². The number of carbonyl (C=O) groups excluding carboxylic acids is 2. The van der Waals surface area contributed by atoms with Gasteiger partial charge in [-0.1, -0.05) is 18.5 Å². The van der Waals surface area contributed by atoms with Gasteiger partial charge in [0.15, 0.2) is 0 Å². The Morgan fingerprint density at radius 1 is 1.37 bits per heavy atom. The maximum atomic E-state index is 12.4. The van der Waals surface area contributed by atoms with Crippen LogP contribution in [0.3, 0.4) is 0 Å². The summed E-state index contributed by atoms with van der Waals surface area (Å²) in [6, 6.07) is 1.56. The molecule has 0 unspecified atom stereocenters. The van der Waals surface area contributed by atoms with Crippen LogP contribution in [0.1, 0.15) is 23.7 Å². The number of hydrogen-bond donors (Lipinski definition) is 0. The SMILES string of the molecule is CCCN(CC(=O)N(C)C)C(=O)c1ccncc1Cl. The van der Waals surface area contributed by atoms with Gasteiger partial charge in [-0.15, -0.1) is 0 Å². The summed E-state index contributed by atoms with van der Waals surface area (Å²) in [6.07, 6.45) is 3.71. The lowest BCUT2D eigenvalue weighted by molar-refractivity contribution is -0.129. The van der Waals surface area contributed by atoms with Crippen LogP contribution in [-0.4, -0.2) is 53.8 Å². The normalized spacial score (nSPS) is 10.1. The highest BCUT2D eigenvalue weighted by molar-refractivity contribution is 6.33. The molecule has 0 saturated carbocycles. The number of rotatable bonds is 5. The van der Waals surface area contributed by atoms with Crippen molar-refractivity contribution in [1.29, 1.82) is 0 Å². The Morgan fingerprint density at radius 3 is 2.58 bits per heavy atom. The van der Waals surface area contributed by atoms with E-state index in [9.17, 15) is 9.59 Å². The molecule has 1 rings (SSSR count). The molecule has 0 spiro atoms. The molecule has 0 aliphatic heterocycles. The Morgan fingerprint density at radius 2 is 2.05 bits per heavy atom. The lowest BCUT2D eigenvalue weighted by atomic mass is 10.2. The smallest absolute Gasteiger partial charge is 0.255 e. The molecule has 0 aromatic carbocycles. The van der Waals surface area contributed by atoms with Crippen LogP contribution in [-0.2, 0) is 4.79 Å². The van der Waals surface area contributed by atoms with Crippen LogP contribution in [0.4, 0.5) is 0 Å². The lowest BCUT2D eigenvalue weighted by Crippen LogP contribution is -2.40. The Kier molecular flexibility index (Phi) is 5.76. The Labute approximate surface area is 118 Å². The Balaban J connectivity index is 2.90. The third kappa shape index (κ3) is 4.21. The van der Waals surface area contributed by atoms with E-state index in [-0.39, 0.29) is 18.4 Å². The van der Waals surface area contributed by atoms with Gasteiger partial charge < -0.3 is 9.80 Å². The summed E-state index contributed by atoms with van der Waals surface area (Å²) in [5.41, 5.74) is 0.372. The van der Waals surface area contributed by atoms with Crippen LogP contribution in [0.15, 0.2) is 18.5 Å². The van der Waals surface area contributed by atoms with Gasteiger partial charge in [0.1, 0.15) is 6.54 Å². The number of aromatic nitrogens is 1. The first kappa shape index (κ1) is 15.4. The van der Waals surface area contributed by atoms with E-state index in [0.29, 0.717) is 17.1 Å². The van der Waals surface area contributed by atoms with Gasteiger partial charge in [0.2, 0.25) is 5.91 Å². The zero-order valence-electron chi connectivity index (χ0n) is 11.4. The summed E-state index contributed by atoms with van der Waals surface area (Å²) in [5, 5.41) is 0.297. The second-order valence-corrected chi connectivity index (χ2v) is 4.78. The maximum absolute atomic E-state index is 12.4. The van der Waals surface area contributed by atoms with Gasteiger partial charge in [-0.3, -0.25) is 14.6 Å². The molecule has 0 aliphatic rings. The fourth-order valence-electron chi connectivity index (χ4n) is 1.55. The van der Waals surface area contributed by atoms with E-state index in [4.69, 9.17) is 11.6 Å². The molecule has 0 radical (unpaired) electrons. The van der Waals surface area contributed by atoms with Crippen molar-refractivity contribution in [2.24, 2.45) is 0 Å². The molecule has 5 nitrogen and oxygen atoms in total. The van der Waals surface area contributed by atoms with Crippen molar-refractivity contribution in [3.8, 4) is 0 Å². The highest BCUT2D eigenvalue weighted by atomic mass is 35.5. The quantitative estimate of drug-likeness (QED) is 0.826. The van der Waals surface area contributed by atoms with Crippen molar-refractivity contribution in [1.82, 2.24) is 14.8 Å². The van der Waals surface area contributed by atoms with E-state index in [1.165, 1.54) is 22.2 Å². The first-order valence-electron chi connectivity index (χ1n) is 6.06. The number of carbonyl (C=O) groups is 2. The van der Waals surface area contributed by atoms with E-state index in [2.05, 4.69) is 4.98 Å². The fraction of sp³-hybridized carbons (Fsp3) is 0.462. The Hall–Kier alpha value is -1.62. The Bertz CT molecular complexity index is 463. The van der Waals surface area contributed by atoms with Crippen molar-refractivity contribution in [3.05, 3.63) is 29.0 Å². The van der Waals surface area contributed by atoms with E-state index in [1.54, 1.807) is 20.2 Å². The molecule has 6 heteroatoms. The van der Waals surface area contributed by atoms with Gasteiger partial charge in [-0.05, 0) is 12.5 Å². The number of nitrogens with zero attached hydrogens (tertiary/aromatic N) is 3. The minimum atomic E-state index is -0.246. The van der Waals surface area contributed by atoms with Crippen LogP contribution in [0.2, 0.25) is 5.02 Å². The second-order valence-electron chi connectivity index (χ2n) is 4.37. The molecular weight excluding hydrogens is 266 g/mol. The predicted octanol–water partition coefficient (Wildman–Crippen LogP) is 1.68. The van der Waals surface area contributed by atoms with Crippen LogP contribution in [0.25, 0.3) is 0 Å². The molecule has 104 valence electrons. The third-order valence-corrected chi connectivity index (χ3v) is 2.91. The number of halogens is 1. The van der Waals surface area contributed by atoms with E-state index < -0.39 is 0 Å². The first-order valence-corrected chi connectivity index (χ1v) is 6.44. The third-order valence-electron chi connectivity index (χ3n) is 2.61. The number of amides is 2. The topological polar surface area (TPSA) is 53.5 Å². The number of hydrogen-bond acceptors (Lipinski definition) is 3. The maximum Gasteiger partial charge on any atom is 0.255 e. The number of pyridine rings is 1. The van der Waals surface area contributed by atoms with Crippen LogP contribution < -0.4 is 0 Å². The minimum absolute atomic E-state index is 0.0539. The molecule has 0 saturated heterocycles. The zero-order chi connectivity index (χ0) is 14.4. The lowest BCUT2D eigenvalue weighted by Gasteiger charge is -2.23. The van der Waals surface area contributed by atoms with E-state index in [0.717, 1.165) is 6.42 Å². The van der Waals surface area contributed by atoms with Gasteiger partial charge in [0, 0.05) is 33.0 Å². The van der Waals surface area contributed by atoms with Gasteiger partial charge in [-0.25, -0.2) is 0 Å². The van der Waals surface area contributed by atoms with Gasteiger partial charge in [-0.2, -0.15) is 0 Å². The fourth-order valence-corrected chi connectivity index (χ4v) is 1.75. The second kappa shape index (κ2) is 7.09. The average Bonchev–Trinajstić information content (AvgIpc) is 2.37. The largest absolute Gasteiger partial charge is 0.347 e. The molecular formula is C13H18ClN3O2. The summed E-state index contributed by atoms with van der Waals surface area (Å²) in [6.45, 7) is 2.52. The molecule has 19 heavy (non-hydrogen) atoms. The van der Waals surface area contributed by atoms with Crippen LogP contribution in [0.5, 0.6) is 0 Å². The van der Waals surface area contributed by atoms with Crippen LogP contribution >= 0.6 is 11.6 Å². The molecule has 1 heterocycles. The van der Waals surface area contributed by atoms with E-state index in [1.807, 2.05) is 6.92 Å². The summed E-state index contributed by atoms with van der Waals surface area (Å²) in [7, 11) is 3.33. The predicted molar refractivity (Wildman–Crippen MR) is 74.1 cm³/mol. The highest BCUT2D eigenvalue weighted by Gasteiger charge is 2.20. The monoisotopic (exact) mass is 283 g/mol. The molecule has 0 atom stereocenters. The van der Waals surface area contributed by atoms with Crippen molar-refractivity contribution < 1.29 is 9.59 Å². The zero-order valence-corrected chi connectivity index (χ0v) is 12.1. The van der Waals surface area contributed by atoms with Crippen molar-refractivity contribution >= 4 is 23.4 Å². The molecule has 2 amide bonds. The molecule has 0 bridgehead atoms. The van der Waals surface area contributed by atoms with Crippen molar-refractivity contribution in [2.45, 2.75) is 13.3 Å². The minimum Gasteiger partial charge on any atom is -0.347 e. The van der Waals surface area contributed by atoms with Gasteiger partial charge in [0.25, 0.3) is 5.91 Å². The molecule has 1 aromatic rings. The average molecular weight is 284 g/mol. The summed E-state index contributed by atoms with van der Waals surface area (Å²) in [5.74, 6) is -0.364. The van der Waals surface area contributed by atoms with Gasteiger partial charge in [0.05, 0.1) is 10.6 Å². The van der Waals surface area contributed by atoms with Gasteiger partial charge >= 0.3 is 0 Å². The van der Waals surface area contributed by atoms with Crippen molar-refractivity contribution in [3.63, 3.8) is 0 Å². The first-order chi connectivity index (χ1) is 8.97. The standard InChI is InChI=1S/C13H18ClN3O2/c1-4-7-17(9-12(18)16(2)3)13(19)10-5-6-15-8-11(10)14/h5-6,8H,4,7,9H2,1-3H3. The summed E-state index contributed by atoms with van der Waals surface area (Å²) < 4.78 is 0. The summed E-state index contributed by atoms with van der Waals surface area (Å²) >= 11 is 5.96. The summed E-state index contributed by atoms with van der Waals surface area (Å²) in [4.78, 5) is 30.9. The molecule has 0 fully saturated rings. The molecule has 0 aliphatic carbocycles. The van der Waals surface area contributed by atoms with E-state index >= 15 is 0 Å². The highest BCUT2D eigenvalue weighted by Crippen LogP contribution is 2.16.